The van der Waals surface area contributed by atoms with E-state index in [0.717, 1.165) is 39.0 Å². The standard InChI is InChI=1S/C22H36N6O2.HI/c1-3-30-22(29)28-11-9-19(10-12-28)25-21(23)24-17-18(2)26-13-15-27(16-14-26)20-7-5-4-6-8-20;/h4-8,18-19H,3,9-17H2,1-2H3,(H3,23,24,25);1H. The average Bonchev–Trinajstić information content (AvgIpc) is 2.79. The molecule has 1 aromatic carbocycles. The maximum Gasteiger partial charge on any atom is 0.409 e. The highest BCUT2D eigenvalue weighted by Crippen LogP contribution is 2.16. The van der Waals surface area contributed by atoms with Gasteiger partial charge in [0.1, 0.15) is 0 Å². The number of piperidine rings is 1. The lowest BCUT2D eigenvalue weighted by Crippen LogP contribution is -2.51. The predicted molar refractivity (Wildman–Crippen MR) is 136 cm³/mol. The molecule has 2 aliphatic heterocycles. The molecule has 0 aromatic heterocycles. The first-order valence-electron chi connectivity index (χ1n) is 11.1. The summed E-state index contributed by atoms with van der Waals surface area (Å²) in [6, 6.07) is 11.2. The molecule has 1 aromatic rings. The van der Waals surface area contributed by atoms with Crippen molar-refractivity contribution in [3.8, 4) is 0 Å². The molecular weight excluding hydrogens is 507 g/mol. The number of amides is 1. The Balaban J connectivity index is 0.00000341. The molecule has 0 bridgehead atoms. The van der Waals surface area contributed by atoms with E-state index in [1.807, 2.05) is 6.92 Å². The van der Waals surface area contributed by atoms with Crippen molar-refractivity contribution in [2.45, 2.75) is 38.8 Å². The van der Waals surface area contributed by atoms with Gasteiger partial charge in [-0.3, -0.25) is 9.89 Å². The molecule has 8 nitrogen and oxygen atoms in total. The van der Waals surface area contributed by atoms with Crippen molar-refractivity contribution in [1.82, 2.24) is 15.1 Å². The van der Waals surface area contributed by atoms with E-state index in [1.54, 1.807) is 4.90 Å². The smallest absolute Gasteiger partial charge is 0.409 e. The van der Waals surface area contributed by atoms with E-state index in [0.29, 0.717) is 38.2 Å². The quantitative estimate of drug-likeness (QED) is 0.325. The number of carbonyl (C=O) groups excluding carboxylic acids is 1. The van der Waals surface area contributed by atoms with E-state index < -0.39 is 0 Å². The maximum absolute atomic E-state index is 11.8. The van der Waals surface area contributed by atoms with Gasteiger partial charge in [-0.25, -0.2) is 4.79 Å². The number of carbonyl (C=O) groups is 1. The highest BCUT2D eigenvalue weighted by molar-refractivity contribution is 14.0. The third-order valence-electron chi connectivity index (χ3n) is 5.96. The Hall–Kier alpha value is -1.75. The van der Waals surface area contributed by atoms with Gasteiger partial charge in [0, 0.05) is 57.0 Å². The summed E-state index contributed by atoms with van der Waals surface area (Å²) in [7, 11) is 0. The lowest BCUT2D eigenvalue weighted by molar-refractivity contribution is 0.0963. The molecule has 1 amide bonds. The van der Waals surface area contributed by atoms with Crippen LogP contribution < -0.4 is 16.0 Å². The number of nitrogens with zero attached hydrogens (tertiary/aromatic N) is 4. The van der Waals surface area contributed by atoms with Crippen LogP contribution >= 0.6 is 24.0 Å². The van der Waals surface area contributed by atoms with Gasteiger partial charge in [-0.15, -0.1) is 24.0 Å². The fourth-order valence-corrected chi connectivity index (χ4v) is 4.08. The molecule has 2 aliphatic rings. The minimum atomic E-state index is -0.223. The van der Waals surface area contributed by atoms with Crippen LogP contribution in [0.2, 0.25) is 0 Å². The number of benzene rings is 1. The molecule has 0 aliphatic carbocycles. The number of rotatable bonds is 6. The zero-order valence-corrected chi connectivity index (χ0v) is 21.0. The first kappa shape index (κ1) is 25.5. The molecule has 0 saturated carbocycles. The van der Waals surface area contributed by atoms with Crippen LogP contribution in [0.15, 0.2) is 35.3 Å². The van der Waals surface area contributed by atoms with E-state index >= 15 is 0 Å². The number of anilines is 1. The van der Waals surface area contributed by atoms with Gasteiger partial charge in [-0.2, -0.15) is 0 Å². The number of piperazine rings is 1. The van der Waals surface area contributed by atoms with Crippen LogP contribution in [-0.4, -0.2) is 86.4 Å². The molecule has 174 valence electrons. The van der Waals surface area contributed by atoms with Gasteiger partial charge in [0.25, 0.3) is 0 Å². The van der Waals surface area contributed by atoms with Crippen LogP contribution in [0.3, 0.4) is 0 Å². The molecule has 3 N–H and O–H groups in total. The molecule has 31 heavy (non-hydrogen) atoms. The largest absolute Gasteiger partial charge is 0.450 e. The number of nitrogens with two attached hydrogens (primary N) is 1. The van der Waals surface area contributed by atoms with E-state index in [1.165, 1.54) is 5.69 Å². The van der Waals surface area contributed by atoms with Crippen LogP contribution in [0.1, 0.15) is 26.7 Å². The number of hydrogen-bond acceptors (Lipinski definition) is 5. The van der Waals surface area contributed by atoms with E-state index in [4.69, 9.17) is 10.5 Å². The van der Waals surface area contributed by atoms with Crippen molar-refractivity contribution in [1.29, 1.82) is 0 Å². The van der Waals surface area contributed by atoms with Crippen molar-refractivity contribution < 1.29 is 9.53 Å². The third kappa shape index (κ3) is 7.71. The van der Waals surface area contributed by atoms with Crippen LogP contribution in [0.5, 0.6) is 0 Å². The number of likely N-dealkylation sites (tertiary alicyclic amines) is 1. The lowest BCUT2D eigenvalue weighted by atomic mass is 10.1. The molecule has 3 rings (SSSR count). The first-order chi connectivity index (χ1) is 14.6. The Kier molecular flexibility index (Phi) is 10.7. The topological polar surface area (TPSA) is 86.4 Å². The lowest BCUT2D eigenvalue weighted by Gasteiger charge is -2.38. The van der Waals surface area contributed by atoms with Gasteiger partial charge < -0.3 is 25.6 Å². The Morgan fingerprint density at radius 1 is 1.16 bits per heavy atom. The van der Waals surface area contributed by atoms with Crippen molar-refractivity contribution in [3.63, 3.8) is 0 Å². The average molecular weight is 544 g/mol. The molecule has 0 radical (unpaired) electrons. The van der Waals surface area contributed by atoms with E-state index in [2.05, 4.69) is 57.4 Å². The highest BCUT2D eigenvalue weighted by Gasteiger charge is 2.24. The summed E-state index contributed by atoms with van der Waals surface area (Å²) in [5.41, 5.74) is 7.43. The molecule has 0 spiro atoms. The summed E-state index contributed by atoms with van der Waals surface area (Å²) in [4.78, 5) is 23.0. The second-order valence-electron chi connectivity index (χ2n) is 8.04. The highest BCUT2D eigenvalue weighted by atomic mass is 127. The van der Waals surface area contributed by atoms with Crippen LogP contribution in [0, 0.1) is 0 Å². The van der Waals surface area contributed by atoms with E-state index in [9.17, 15) is 4.79 Å². The third-order valence-corrected chi connectivity index (χ3v) is 5.96. The number of ether oxygens (including phenoxy) is 1. The zero-order chi connectivity index (χ0) is 21.3. The summed E-state index contributed by atoms with van der Waals surface area (Å²) >= 11 is 0. The number of nitrogens with one attached hydrogen (secondary N) is 1. The van der Waals surface area contributed by atoms with Gasteiger partial charge in [0.05, 0.1) is 13.2 Å². The summed E-state index contributed by atoms with van der Waals surface area (Å²) in [6.07, 6.45) is 1.48. The molecule has 1 atom stereocenters. The summed E-state index contributed by atoms with van der Waals surface area (Å²) < 4.78 is 5.06. The van der Waals surface area contributed by atoms with Crippen molar-refractivity contribution in [2.24, 2.45) is 10.7 Å². The maximum atomic E-state index is 11.8. The van der Waals surface area contributed by atoms with Crippen LogP contribution in [0.25, 0.3) is 0 Å². The van der Waals surface area contributed by atoms with Crippen molar-refractivity contribution in [3.05, 3.63) is 30.3 Å². The molecule has 1 unspecified atom stereocenters. The summed E-state index contributed by atoms with van der Waals surface area (Å²) in [6.45, 7) is 10.6. The number of hydrogen-bond donors (Lipinski definition) is 2. The Morgan fingerprint density at radius 2 is 1.81 bits per heavy atom. The van der Waals surface area contributed by atoms with Gasteiger partial charge >= 0.3 is 6.09 Å². The van der Waals surface area contributed by atoms with E-state index in [-0.39, 0.29) is 36.1 Å². The second-order valence-corrected chi connectivity index (χ2v) is 8.04. The SMILES string of the molecule is CCOC(=O)N1CCC(NC(N)=NCC(C)N2CCN(c3ccccc3)CC2)CC1.I. The first-order valence-corrected chi connectivity index (χ1v) is 11.1. The fourth-order valence-electron chi connectivity index (χ4n) is 4.08. The molecule has 2 saturated heterocycles. The monoisotopic (exact) mass is 544 g/mol. The predicted octanol–water partition coefficient (Wildman–Crippen LogP) is 2.34. The summed E-state index contributed by atoms with van der Waals surface area (Å²) in [5.74, 6) is 0.499. The Labute approximate surface area is 203 Å². The number of guanidine groups is 1. The van der Waals surface area contributed by atoms with Gasteiger partial charge in [-0.1, -0.05) is 18.2 Å². The molecule has 2 heterocycles. The van der Waals surface area contributed by atoms with Gasteiger partial charge in [0.15, 0.2) is 5.96 Å². The number of para-hydroxylation sites is 1. The number of halogens is 1. The molecule has 2 fully saturated rings. The van der Waals surface area contributed by atoms with Gasteiger partial charge in [-0.05, 0) is 38.8 Å². The normalized spacial score (nSPS) is 19.5. The number of aliphatic imine (C=N–C) groups is 1. The zero-order valence-electron chi connectivity index (χ0n) is 18.7. The van der Waals surface area contributed by atoms with Crippen molar-refractivity contribution in [2.75, 3.05) is 57.3 Å². The summed E-state index contributed by atoms with van der Waals surface area (Å²) in [5, 5.41) is 3.32. The van der Waals surface area contributed by atoms with Gasteiger partial charge in [0.2, 0.25) is 0 Å². The van der Waals surface area contributed by atoms with Crippen molar-refractivity contribution >= 4 is 41.7 Å². The van der Waals surface area contributed by atoms with Crippen LogP contribution in [-0.2, 0) is 4.74 Å². The molecule has 9 heteroatoms. The minimum absolute atomic E-state index is 0. The van der Waals surface area contributed by atoms with Crippen LogP contribution in [0.4, 0.5) is 10.5 Å². The minimum Gasteiger partial charge on any atom is -0.450 e. The second kappa shape index (κ2) is 12.9. The Bertz CT molecular complexity index is 689. The fraction of sp³-hybridized carbons (Fsp3) is 0.636. The Morgan fingerprint density at radius 3 is 2.42 bits per heavy atom. The molecular formula is C22H37IN6O2.